The van der Waals surface area contributed by atoms with Crippen LogP contribution in [0, 0.1) is 18.2 Å². The minimum absolute atomic E-state index is 0.135. The average Bonchev–Trinajstić information content (AvgIpc) is 2.17. The third-order valence-electron chi connectivity index (χ3n) is 1.69. The van der Waals surface area contributed by atoms with E-state index in [1.54, 1.807) is 0 Å². The summed E-state index contributed by atoms with van der Waals surface area (Å²) < 4.78 is 38.2. The molecule has 0 fully saturated rings. The first kappa shape index (κ1) is 11.7. The van der Waals surface area contributed by atoms with Crippen LogP contribution in [0.4, 0.5) is 4.39 Å². The lowest BCUT2D eigenvalue weighted by Gasteiger charge is -2.08. The molecule has 0 amide bonds. The number of rotatable bonds is 3. The molecule has 80 valence electrons. The van der Waals surface area contributed by atoms with Crippen molar-refractivity contribution >= 4 is 10.0 Å². The van der Waals surface area contributed by atoms with Crippen molar-refractivity contribution in [1.82, 2.24) is 4.72 Å². The molecule has 0 spiro atoms. The fourth-order valence-electron chi connectivity index (χ4n) is 0.969. The maximum Gasteiger partial charge on any atom is 0.241 e. The number of hydrogen-bond donors (Lipinski definition) is 1. The number of halogens is 1. The standard InChI is InChI=1S/C10H10FNO2S/c1-3-8(2)12-15(13,14)10-6-4-5-9(11)7-10/h1,4-8,12H,2H3. The van der Waals surface area contributed by atoms with Crippen molar-refractivity contribution in [2.75, 3.05) is 0 Å². The van der Waals surface area contributed by atoms with Crippen LogP contribution >= 0.6 is 0 Å². The van der Waals surface area contributed by atoms with Crippen LogP contribution in [0.5, 0.6) is 0 Å². The maximum atomic E-state index is 12.8. The van der Waals surface area contributed by atoms with Crippen molar-refractivity contribution in [3.05, 3.63) is 30.1 Å². The quantitative estimate of drug-likeness (QED) is 0.787. The van der Waals surface area contributed by atoms with Crippen LogP contribution in [0.25, 0.3) is 0 Å². The molecule has 0 saturated carbocycles. The predicted molar refractivity (Wildman–Crippen MR) is 55.0 cm³/mol. The molecule has 1 N–H and O–H groups in total. The fourth-order valence-corrected chi connectivity index (χ4v) is 2.16. The Bertz CT molecular complexity index is 490. The lowest BCUT2D eigenvalue weighted by Crippen LogP contribution is -2.31. The molecule has 0 saturated heterocycles. The van der Waals surface area contributed by atoms with E-state index < -0.39 is 21.9 Å². The maximum absolute atomic E-state index is 12.8. The average molecular weight is 227 g/mol. The lowest BCUT2D eigenvalue weighted by atomic mass is 10.4. The van der Waals surface area contributed by atoms with Gasteiger partial charge in [0.1, 0.15) is 5.82 Å². The van der Waals surface area contributed by atoms with E-state index in [9.17, 15) is 12.8 Å². The van der Waals surface area contributed by atoms with Gasteiger partial charge in [-0.1, -0.05) is 12.0 Å². The van der Waals surface area contributed by atoms with Crippen LogP contribution in [0.3, 0.4) is 0 Å². The second kappa shape index (κ2) is 4.43. The molecule has 0 aliphatic carbocycles. The van der Waals surface area contributed by atoms with Gasteiger partial charge in [-0.25, -0.2) is 12.8 Å². The van der Waals surface area contributed by atoms with Crippen LogP contribution in [0.15, 0.2) is 29.2 Å². The molecule has 15 heavy (non-hydrogen) atoms. The normalized spacial score (nSPS) is 13.1. The summed E-state index contributed by atoms with van der Waals surface area (Å²) in [7, 11) is -3.73. The first-order valence-electron chi connectivity index (χ1n) is 4.20. The van der Waals surface area contributed by atoms with Gasteiger partial charge in [-0.15, -0.1) is 6.42 Å². The molecule has 0 radical (unpaired) electrons. The van der Waals surface area contributed by atoms with Crippen LogP contribution in [-0.4, -0.2) is 14.5 Å². The minimum Gasteiger partial charge on any atom is -0.207 e. The van der Waals surface area contributed by atoms with Crippen molar-refractivity contribution in [3.8, 4) is 12.3 Å². The Morgan fingerprint density at radius 3 is 2.73 bits per heavy atom. The second-order valence-electron chi connectivity index (χ2n) is 2.97. The summed E-state index contributed by atoms with van der Waals surface area (Å²) in [4.78, 5) is -0.135. The van der Waals surface area contributed by atoms with Gasteiger partial charge in [0.15, 0.2) is 0 Å². The van der Waals surface area contributed by atoms with E-state index in [4.69, 9.17) is 6.42 Å². The molecule has 0 aliphatic heterocycles. The molecule has 5 heteroatoms. The molecule has 0 bridgehead atoms. The molecule has 0 heterocycles. The Hall–Kier alpha value is -1.38. The third kappa shape index (κ3) is 3.05. The summed E-state index contributed by atoms with van der Waals surface area (Å²) in [5.74, 6) is 1.62. The van der Waals surface area contributed by atoms with E-state index in [1.807, 2.05) is 0 Å². The molecule has 0 aliphatic rings. The van der Waals surface area contributed by atoms with Gasteiger partial charge in [0.2, 0.25) is 10.0 Å². The van der Waals surface area contributed by atoms with Gasteiger partial charge < -0.3 is 0 Å². The highest BCUT2D eigenvalue weighted by Crippen LogP contribution is 2.10. The van der Waals surface area contributed by atoms with Crippen LogP contribution in [0.1, 0.15) is 6.92 Å². The highest BCUT2D eigenvalue weighted by molar-refractivity contribution is 7.89. The van der Waals surface area contributed by atoms with Gasteiger partial charge >= 0.3 is 0 Å². The largest absolute Gasteiger partial charge is 0.241 e. The van der Waals surface area contributed by atoms with Crippen LogP contribution in [-0.2, 0) is 10.0 Å². The number of nitrogens with one attached hydrogen (secondary N) is 1. The molecule has 3 nitrogen and oxygen atoms in total. The van der Waals surface area contributed by atoms with Gasteiger partial charge in [-0.2, -0.15) is 4.72 Å². The van der Waals surface area contributed by atoms with Gasteiger partial charge in [0.05, 0.1) is 10.9 Å². The van der Waals surface area contributed by atoms with Gasteiger partial charge in [-0.3, -0.25) is 0 Å². The molecule has 1 aromatic carbocycles. The van der Waals surface area contributed by atoms with E-state index in [1.165, 1.54) is 25.1 Å². The number of benzene rings is 1. The third-order valence-corrected chi connectivity index (χ3v) is 3.23. The zero-order chi connectivity index (χ0) is 11.5. The topological polar surface area (TPSA) is 46.2 Å². The summed E-state index contributed by atoms with van der Waals surface area (Å²) in [6.45, 7) is 1.52. The molecule has 1 aromatic rings. The van der Waals surface area contributed by atoms with Gasteiger partial charge in [0, 0.05) is 0 Å². The Balaban J connectivity index is 3.03. The van der Waals surface area contributed by atoms with E-state index in [0.29, 0.717) is 0 Å². The van der Waals surface area contributed by atoms with E-state index in [-0.39, 0.29) is 4.90 Å². The highest BCUT2D eigenvalue weighted by Gasteiger charge is 2.16. The minimum atomic E-state index is -3.73. The van der Waals surface area contributed by atoms with Crippen molar-refractivity contribution in [3.63, 3.8) is 0 Å². The van der Waals surface area contributed by atoms with Crippen molar-refractivity contribution < 1.29 is 12.8 Å². The Labute approximate surface area is 88.4 Å². The Morgan fingerprint density at radius 1 is 1.53 bits per heavy atom. The Morgan fingerprint density at radius 2 is 2.20 bits per heavy atom. The number of hydrogen-bond acceptors (Lipinski definition) is 2. The first-order chi connectivity index (χ1) is 6.95. The Kier molecular flexibility index (Phi) is 3.45. The number of sulfonamides is 1. The van der Waals surface area contributed by atoms with Crippen molar-refractivity contribution in [1.29, 1.82) is 0 Å². The van der Waals surface area contributed by atoms with Crippen molar-refractivity contribution in [2.24, 2.45) is 0 Å². The zero-order valence-electron chi connectivity index (χ0n) is 8.07. The molecular weight excluding hydrogens is 217 g/mol. The van der Waals surface area contributed by atoms with Gasteiger partial charge in [-0.05, 0) is 25.1 Å². The SMILES string of the molecule is C#CC(C)NS(=O)(=O)c1cccc(F)c1. The van der Waals surface area contributed by atoms with E-state index in [2.05, 4.69) is 10.6 Å². The van der Waals surface area contributed by atoms with E-state index >= 15 is 0 Å². The van der Waals surface area contributed by atoms with Crippen LogP contribution < -0.4 is 4.72 Å². The number of terminal acetylenes is 1. The summed E-state index contributed by atoms with van der Waals surface area (Å²) in [5, 5.41) is 0. The summed E-state index contributed by atoms with van der Waals surface area (Å²) >= 11 is 0. The lowest BCUT2D eigenvalue weighted by molar-refractivity contribution is 0.574. The van der Waals surface area contributed by atoms with Crippen LogP contribution in [0.2, 0.25) is 0 Å². The van der Waals surface area contributed by atoms with E-state index in [0.717, 1.165) is 6.07 Å². The predicted octanol–water partition coefficient (Wildman–Crippen LogP) is 1.13. The van der Waals surface area contributed by atoms with Gasteiger partial charge in [0.25, 0.3) is 0 Å². The zero-order valence-corrected chi connectivity index (χ0v) is 8.88. The second-order valence-corrected chi connectivity index (χ2v) is 4.68. The highest BCUT2D eigenvalue weighted by atomic mass is 32.2. The fraction of sp³-hybridized carbons (Fsp3) is 0.200. The summed E-state index contributed by atoms with van der Waals surface area (Å²) in [5.41, 5.74) is 0. The summed E-state index contributed by atoms with van der Waals surface area (Å²) in [6, 6.07) is 4.10. The summed E-state index contributed by atoms with van der Waals surface area (Å²) in [6.07, 6.45) is 5.04. The molecule has 1 atom stereocenters. The molecular formula is C10H10FNO2S. The molecule has 1 rings (SSSR count). The first-order valence-corrected chi connectivity index (χ1v) is 5.68. The smallest absolute Gasteiger partial charge is 0.207 e. The molecule has 1 unspecified atom stereocenters. The monoisotopic (exact) mass is 227 g/mol. The van der Waals surface area contributed by atoms with Crippen molar-refractivity contribution in [2.45, 2.75) is 17.9 Å². The molecule has 0 aromatic heterocycles.